The van der Waals surface area contributed by atoms with E-state index in [1.54, 1.807) is 0 Å². The van der Waals surface area contributed by atoms with Crippen molar-refractivity contribution in [3.63, 3.8) is 0 Å². The number of rotatable bonds is 10. The predicted molar refractivity (Wildman–Crippen MR) is 114 cm³/mol. The molecule has 1 saturated carbocycles. The minimum Gasteiger partial charge on any atom is -0.377 e. The Balaban J connectivity index is 1.74. The zero-order valence-corrected chi connectivity index (χ0v) is 18.3. The van der Waals surface area contributed by atoms with Crippen molar-refractivity contribution in [2.24, 2.45) is 4.99 Å². The first-order valence-electron chi connectivity index (χ1n) is 10.3. The summed E-state index contributed by atoms with van der Waals surface area (Å²) in [6.45, 7) is 6.32. The fraction of sp³-hybridized carbons (Fsp3) is 0.944. The van der Waals surface area contributed by atoms with E-state index in [1.165, 1.54) is 6.42 Å². The second-order valence-corrected chi connectivity index (χ2v) is 10.7. The quantitative estimate of drug-likeness (QED) is 0.368. The Labute approximate surface area is 168 Å². The molecule has 1 aliphatic carbocycles. The molecule has 0 aromatic rings. The van der Waals surface area contributed by atoms with Gasteiger partial charge in [0.1, 0.15) is 0 Å². The molecule has 0 spiro atoms. The molecule has 2 fully saturated rings. The maximum absolute atomic E-state index is 12.2. The SMILES string of the molecule is CCNC(=NCCS(=O)(=O)NCC1CCCCO1)NC1CCC(SCC)C1. The lowest BCUT2D eigenvalue weighted by molar-refractivity contribution is 0.0200. The van der Waals surface area contributed by atoms with Crippen LogP contribution in [0.1, 0.15) is 52.4 Å². The Morgan fingerprint density at radius 3 is 2.78 bits per heavy atom. The van der Waals surface area contributed by atoms with Gasteiger partial charge in [0.05, 0.1) is 18.4 Å². The lowest BCUT2D eigenvalue weighted by Crippen LogP contribution is -2.43. The summed E-state index contributed by atoms with van der Waals surface area (Å²) < 4.78 is 32.6. The number of thioether (sulfide) groups is 1. The normalized spacial score (nSPS) is 26.9. The number of sulfonamides is 1. The van der Waals surface area contributed by atoms with Gasteiger partial charge in [-0.15, -0.1) is 0 Å². The summed E-state index contributed by atoms with van der Waals surface area (Å²) in [4.78, 5) is 4.47. The van der Waals surface area contributed by atoms with Crippen LogP contribution in [0, 0.1) is 0 Å². The van der Waals surface area contributed by atoms with Crippen molar-refractivity contribution < 1.29 is 13.2 Å². The van der Waals surface area contributed by atoms with E-state index in [9.17, 15) is 8.42 Å². The highest BCUT2D eigenvalue weighted by atomic mass is 32.2. The van der Waals surface area contributed by atoms with E-state index in [0.717, 1.165) is 62.2 Å². The summed E-state index contributed by atoms with van der Waals surface area (Å²) in [5.41, 5.74) is 0. The number of guanidine groups is 1. The molecule has 3 atom stereocenters. The molecule has 0 aromatic carbocycles. The fourth-order valence-corrected chi connectivity index (χ4v) is 5.57. The number of hydrogen-bond donors (Lipinski definition) is 3. The first kappa shape index (κ1) is 22.8. The number of nitrogens with zero attached hydrogens (tertiary/aromatic N) is 1. The monoisotopic (exact) mass is 420 g/mol. The van der Waals surface area contributed by atoms with Gasteiger partial charge in [0.2, 0.25) is 10.0 Å². The Morgan fingerprint density at radius 2 is 2.07 bits per heavy atom. The molecule has 0 radical (unpaired) electrons. The van der Waals surface area contributed by atoms with Gasteiger partial charge < -0.3 is 15.4 Å². The molecule has 2 rings (SSSR count). The number of nitrogens with one attached hydrogen (secondary N) is 3. The van der Waals surface area contributed by atoms with Crippen LogP contribution in [0.5, 0.6) is 0 Å². The smallest absolute Gasteiger partial charge is 0.213 e. The van der Waals surface area contributed by atoms with Gasteiger partial charge >= 0.3 is 0 Å². The minimum absolute atomic E-state index is 0.00469. The van der Waals surface area contributed by atoms with Crippen LogP contribution in [0.2, 0.25) is 0 Å². The third kappa shape index (κ3) is 9.02. The largest absolute Gasteiger partial charge is 0.377 e. The standard InChI is InChI=1S/C18H36N4O3S2/c1-3-19-18(22-15-8-9-17(13-15)26-4-2)20-10-12-27(23,24)21-14-16-7-5-6-11-25-16/h15-17,21H,3-14H2,1-2H3,(H2,19,20,22). The molecule has 0 bridgehead atoms. The van der Waals surface area contributed by atoms with Crippen LogP contribution in [0.25, 0.3) is 0 Å². The molecule has 158 valence electrons. The van der Waals surface area contributed by atoms with Crippen molar-refractivity contribution in [1.29, 1.82) is 0 Å². The van der Waals surface area contributed by atoms with Crippen molar-refractivity contribution in [2.75, 3.05) is 37.7 Å². The summed E-state index contributed by atoms with van der Waals surface area (Å²) in [7, 11) is -3.33. The number of aliphatic imine (C=N–C) groups is 1. The van der Waals surface area contributed by atoms with Gasteiger partial charge in [-0.1, -0.05) is 6.92 Å². The first-order valence-corrected chi connectivity index (χ1v) is 13.0. The van der Waals surface area contributed by atoms with Gasteiger partial charge in [-0.2, -0.15) is 11.8 Å². The van der Waals surface area contributed by atoms with Gasteiger partial charge in [0, 0.05) is 31.0 Å². The van der Waals surface area contributed by atoms with Crippen LogP contribution < -0.4 is 15.4 Å². The van der Waals surface area contributed by atoms with Gasteiger partial charge in [-0.3, -0.25) is 4.99 Å². The average molecular weight is 421 g/mol. The van der Waals surface area contributed by atoms with Crippen LogP contribution in [-0.2, 0) is 14.8 Å². The molecule has 2 aliphatic rings. The van der Waals surface area contributed by atoms with E-state index in [1.807, 2.05) is 18.7 Å². The molecular weight excluding hydrogens is 384 g/mol. The molecule has 0 amide bonds. The molecule has 1 heterocycles. The molecule has 3 unspecified atom stereocenters. The average Bonchev–Trinajstić information content (AvgIpc) is 3.08. The second kappa shape index (κ2) is 12.1. The number of ether oxygens (including phenoxy) is 1. The zero-order valence-electron chi connectivity index (χ0n) is 16.7. The third-order valence-corrected chi connectivity index (χ3v) is 7.47. The molecule has 27 heavy (non-hydrogen) atoms. The van der Waals surface area contributed by atoms with Crippen molar-refractivity contribution in [3.05, 3.63) is 0 Å². The zero-order chi connectivity index (χ0) is 19.5. The van der Waals surface area contributed by atoms with E-state index >= 15 is 0 Å². The Kier molecular flexibility index (Phi) is 10.2. The highest BCUT2D eigenvalue weighted by Gasteiger charge is 2.25. The molecule has 3 N–H and O–H groups in total. The van der Waals surface area contributed by atoms with Gasteiger partial charge in [0.25, 0.3) is 0 Å². The maximum atomic E-state index is 12.2. The first-order chi connectivity index (χ1) is 13.0. The highest BCUT2D eigenvalue weighted by molar-refractivity contribution is 7.99. The molecule has 1 saturated heterocycles. The molecule has 0 aromatic heterocycles. The lowest BCUT2D eigenvalue weighted by atomic mass is 10.1. The Morgan fingerprint density at radius 1 is 1.22 bits per heavy atom. The van der Waals surface area contributed by atoms with E-state index in [0.29, 0.717) is 12.6 Å². The fourth-order valence-electron chi connectivity index (χ4n) is 3.51. The highest BCUT2D eigenvalue weighted by Crippen LogP contribution is 2.29. The van der Waals surface area contributed by atoms with Crippen LogP contribution >= 0.6 is 11.8 Å². The van der Waals surface area contributed by atoms with E-state index in [2.05, 4.69) is 27.3 Å². The van der Waals surface area contributed by atoms with Gasteiger partial charge in [0.15, 0.2) is 5.96 Å². The second-order valence-electron chi connectivity index (χ2n) is 7.15. The summed E-state index contributed by atoms with van der Waals surface area (Å²) >= 11 is 2.02. The van der Waals surface area contributed by atoms with E-state index < -0.39 is 10.0 Å². The molecular formula is C18H36N4O3S2. The third-order valence-electron chi connectivity index (χ3n) is 4.91. The summed E-state index contributed by atoms with van der Waals surface area (Å²) in [5.74, 6) is 1.87. The van der Waals surface area contributed by atoms with Gasteiger partial charge in [-0.25, -0.2) is 13.1 Å². The van der Waals surface area contributed by atoms with E-state index in [-0.39, 0.29) is 18.4 Å². The van der Waals surface area contributed by atoms with Crippen molar-refractivity contribution in [1.82, 2.24) is 15.4 Å². The topological polar surface area (TPSA) is 91.8 Å². The Hall–Kier alpha value is -0.510. The van der Waals surface area contributed by atoms with Crippen LogP contribution in [0.4, 0.5) is 0 Å². The summed E-state index contributed by atoms with van der Waals surface area (Å²) in [6, 6.07) is 0.421. The Bertz CT molecular complexity index is 551. The van der Waals surface area contributed by atoms with Crippen molar-refractivity contribution >= 4 is 27.7 Å². The summed E-state index contributed by atoms with van der Waals surface area (Å²) in [6.07, 6.45) is 6.62. The van der Waals surface area contributed by atoms with Crippen molar-refractivity contribution in [3.8, 4) is 0 Å². The van der Waals surface area contributed by atoms with Crippen molar-refractivity contribution in [2.45, 2.75) is 69.8 Å². The van der Waals surface area contributed by atoms with Crippen LogP contribution in [0.15, 0.2) is 4.99 Å². The van der Waals surface area contributed by atoms with Crippen LogP contribution in [0.3, 0.4) is 0 Å². The molecule has 1 aliphatic heterocycles. The molecule has 9 heteroatoms. The van der Waals surface area contributed by atoms with Gasteiger partial charge in [-0.05, 0) is 51.2 Å². The lowest BCUT2D eigenvalue weighted by Gasteiger charge is -2.22. The maximum Gasteiger partial charge on any atom is 0.213 e. The van der Waals surface area contributed by atoms with Crippen LogP contribution in [-0.4, -0.2) is 69.5 Å². The molecule has 7 nitrogen and oxygen atoms in total. The summed E-state index contributed by atoms with van der Waals surface area (Å²) in [5, 5.41) is 7.41. The minimum atomic E-state index is -3.33. The number of hydrogen-bond acceptors (Lipinski definition) is 5. The predicted octanol–water partition coefficient (Wildman–Crippen LogP) is 1.70. The van der Waals surface area contributed by atoms with E-state index in [4.69, 9.17) is 4.74 Å².